The zero-order valence-corrected chi connectivity index (χ0v) is 24.1. The van der Waals surface area contributed by atoms with Gasteiger partial charge in [-0.05, 0) is 65.9 Å². The molecule has 0 atom stereocenters. The van der Waals surface area contributed by atoms with Crippen LogP contribution < -0.4 is 10.1 Å². The summed E-state index contributed by atoms with van der Waals surface area (Å²) in [6, 6.07) is 10.7. The summed E-state index contributed by atoms with van der Waals surface area (Å²) in [5.74, 6) is -0.373. The summed E-state index contributed by atoms with van der Waals surface area (Å²) in [5, 5.41) is 3.20. The molecule has 2 aliphatic carbocycles. The number of amides is 1. The molecule has 0 radical (unpaired) electrons. The molecule has 5 rings (SSSR count). The third-order valence-corrected chi connectivity index (χ3v) is 8.46. The van der Waals surface area contributed by atoms with Crippen LogP contribution in [0, 0.1) is 0 Å². The third kappa shape index (κ3) is 5.03. The van der Waals surface area contributed by atoms with Crippen LogP contribution in [-0.2, 0) is 14.4 Å². The molecule has 9 heteroatoms. The van der Waals surface area contributed by atoms with Crippen molar-refractivity contribution in [3.8, 4) is 5.75 Å². The summed E-state index contributed by atoms with van der Waals surface area (Å²) in [5.41, 5.74) is 4.47. The maximum atomic E-state index is 13.4. The van der Waals surface area contributed by atoms with Crippen LogP contribution >= 0.6 is 43.5 Å². The van der Waals surface area contributed by atoms with E-state index in [1.807, 2.05) is 19.2 Å². The van der Waals surface area contributed by atoms with E-state index in [0.717, 1.165) is 41.6 Å². The van der Waals surface area contributed by atoms with Crippen LogP contribution in [0.5, 0.6) is 5.75 Å². The molecule has 6 nitrogen and oxygen atoms in total. The first-order valence-electron chi connectivity index (χ1n) is 12.2. The number of carbonyl (C=O) groups is 3. The minimum absolute atomic E-state index is 0.0570. The zero-order chi connectivity index (χ0) is 26.3. The fourth-order valence-electron chi connectivity index (χ4n) is 5.50. The topological polar surface area (TPSA) is 75.7 Å². The number of ether oxygens (including phenoxy) is 1. The molecule has 0 bridgehead atoms. The van der Waals surface area contributed by atoms with Crippen molar-refractivity contribution in [2.24, 2.45) is 0 Å². The largest absolute Gasteiger partial charge is 0.482 e. The van der Waals surface area contributed by atoms with Gasteiger partial charge in [-0.1, -0.05) is 39.7 Å². The van der Waals surface area contributed by atoms with Gasteiger partial charge in [0.15, 0.2) is 18.2 Å². The van der Waals surface area contributed by atoms with E-state index in [9.17, 15) is 14.4 Å². The van der Waals surface area contributed by atoms with Crippen LogP contribution in [0.3, 0.4) is 0 Å². The lowest BCUT2D eigenvalue weighted by atomic mass is 9.71. The van der Waals surface area contributed by atoms with Gasteiger partial charge in [0.1, 0.15) is 5.75 Å². The summed E-state index contributed by atoms with van der Waals surface area (Å²) >= 11 is 13.3. The van der Waals surface area contributed by atoms with E-state index in [4.69, 9.17) is 16.3 Å². The zero-order valence-electron chi connectivity index (χ0n) is 20.2. The Balaban J connectivity index is 1.56. The Bertz CT molecular complexity index is 1340. The van der Waals surface area contributed by atoms with Crippen molar-refractivity contribution < 1.29 is 19.1 Å². The number of hydrogen-bond acceptors (Lipinski definition) is 5. The number of anilines is 1. The first-order chi connectivity index (χ1) is 17.8. The molecular weight excluding hydrogens is 624 g/mol. The normalized spacial score (nSPS) is 18.1. The minimum Gasteiger partial charge on any atom is -0.482 e. The predicted octanol–water partition coefficient (Wildman–Crippen LogP) is 6.93. The lowest BCUT2D eigenvalue weighted by Crippen LogP contribution is -2.37. The maximum Gasteiger partial charge on any atom is 0.262 e. The number of benzene rings is 2. The molecule has 0 saturated carbocycles. The highest BCUT2D eigenvalue weighted by atomic mass is 79.9. The van der Waals surface area contributed by atoms with E-state index in [0.29, 0.717) is 50.5 Å². The first kappa shape index (κ1) is 26.2. The van der Waals surface area contributed by atoms with E-state index in [1.165, 1.54) is 0 Å². The Morgan fingerprint density at radius 1 is 1.03 bits per heavy atom. The first-order valence-corrected chi connectivity index (χ1v) is 14.1. The smallest absolute Gasteiger partial charge is 0.262 e. The Hall–Kier alpha value is -2.42. The number of rotatable bonds is 5. The van der Waals surface area contributed by atoms with E-state index in [-0.39, 0.29) is 24.1 Å². The van der Waals surface area contributed by atoms with Crippen molar-refractivity contribution in [1.29, 1.82) is 0 Å². The molecule has 0 aromatic heterocycles. The Morgan fingerprint density at radius 2 is 1.65 bits per heavy atom. The molecule has 1 N–H and O–H groups in total. The second-order valence-corrected chi connectivity index (χ2v) is 11.6. The number of para-hydroxylation sites is 1. The second kappa shape index (κ2) is 10.8. The monoisotopic (exact) mass is 646 g/mol. The standard InChI is InChI=1S/C28H25Br2ClN2O4/c1-33-20-8-4-10-22(34)26(20)25(27-21(33)9-5-11-23(27)35)16-12-15(29)13-17(30)28(16)37-14-24(36)32-19-7-3-2-6-18(19)31/h2-3,6-7,12-13,25H,4-5,8-11,14H2,1H3,(H,32,36). The fourth-order valence-corrected chi connectivity index (χ4v) is 7.05. The van der Waals surface area contributed by atoms with E-state index < -0.39 is 5.92 Å². The number of carbonyl (C=O) groups excluding carboxylic acids is 3. The number of allylic oxidation sites excluding steroid dienone is 4. The molecule has 0 saturated heterocycles. The number of nitrogens with one attached hydrogen (secondary N) is 1. The summed E-state index contributed by atoms with van der Waals surface area (Å²) in [4.78, 5) is 41.5. The van der Waals surface area contributed by atoms with Gasteiger partial charge in [0, 0.05) is 58.4 Å². The van der Waals surface area contributed by atoms with Crippen molar-refractivity contribution in [3.63, 3.8) is 0 Å². The summed E-state index contributed by atoms with van der Waals surface area (Å²) in [7, 11) is 1.96. The highest BCUT2D eigenvalue weighted by Crippen LogP contribution is 2.52. The van der Waals surface area contributed by atoms with Gasteiger partial charge in [0.2, 0.25) is 0 Å². The Labute approximate surface area is 237 Å². The molecule has 3 aliphatic rings. The van der Waals surface area contributed by atoms with Gasteiger partial charge < -0.3 is 15.0 Å². The van der Waals surface area contributed by atoms with Crippen LogP contribution in [-0.4, -0.2) is 36.0 Å². The SMILES string of the molecule is CN1C2=C(C(=O)CCC2)C(c2cc(Br)cc(Br)c2OCC(=O)Nc2ccccc2Cl)C2=C1CCCC2=O. The van der Waals surface area contributed by atoms with Crippen molar-refractivity contribution in [2.45, 2.75) is 44.4 Å². The van der Waals surface area contributed by atoms with E-state index in [1.54, 1.807) is 24.3 Å². The molecule has 37 heavy (non-hydrogen) atoms. The van der Waals surface area contributed by atoms with E-state index in [2.05, 4.69) is 42.1 Å². The number of hydrogen-bond donors (Lipinski definition) is 1. The van der Waals surface area contributed by atoms with Gasteiger partial charge in [-0.3, -0.25) is 14.4 Å². The van der Waals surface area contributed by atoms with Crippen molar-refractivity contribution in [3.05, 3.63) is 78.5 Å². The number of halogens is 3. The fraction of sp³-hybridized carbons (Fsp3) is 0.321. The van der Waals surface area contributed by atoms with Crippen LogP contribution in [0.1, 0.15) is 50.0 Å². The Kier molecular flexibility index (Phi) is 7.61. The molecule has 2 aromatic rings. The average molecular weight is 649 g/mol. The molecule has 1 heterocycles. The average Bonchev–Trinajstić information content (AvgIpc) is 2.86. The van der Waals surface area contributed by atoms with Crippen molar-refractivity contribution >= 4 is 66.6 Å². The van der Waals surface area contributed by atoms with Crippen molar-refractivity contribution in [2.75, 3.05) is 19.0 Å². The van der Waals surface area contributed by atoms with Gasteiger partial charge in [0.25, 0.3) is 5.91 Å². The summed E-state index contributed by atoms with van der Waals surface area (Å²) in [6.07, 6.45) is 4.05. The van der Waals surface area contributed by atoms with Gasteiger partial charge in [-0.25, -0.2) is 0 Å². The summed E-state index contributed by atoms with van der Waals surface area (Å²) in [6.45, 7) is -0.273. The lowest BCUT2D eigenvalue weighted by molar-refractivity contribution is -0.119. The Morgan fingerprint density at radius 3 is 2.27 bits per heavy atom. The molecule has 0 fully saturated rings. The third-order valence-electron chi connectivity index (χ3n) is 7.09. The van der Waals surface area contributed by atoms with Gasteiger partial charge in [0.05, 0.1) is 15.2 Å². The molecule has 2 aromatic carbocycles. The minimum atomic E-state index is -0.544. The maximum absolute atomic E-state index is 13.4. The van der Waals surface area contributed by atoms with Gasteiger partial charge in [-0.15, -0.1) is 0 Å². The molecule has 1 aliphatic heterocycles. The lowest BCUT2D eigenvalue weighted by Gasteiger charge is -2.42. The summed E-state index contributed by atoms with van der Waals surface area (Å²) < 4.78 is 7.50. The van der Waals surface area contributed by atoms with Crippen molar-refractivity contribution in [1.82, 2.24) is 4.90 Å². The van der Waals surface area contributed by atoms with Crippen LogP contribution in [0.15, 0.2) is 67.9 Å². The van der Waals surface area contributed by atoms with Crippen LogP contribution in [0.4, 0.5) is 5.69 Å². The van der Waals surface area contributed by atoms with Gasteiger partial charge >= 0.3 is 0 Å². The number of ketones is 2. The highest BCUT2D eigenvalue weighted by Gasteiger charge is 2.43. The van der Waals surface area contributed by atoms with Gasteiger partial charge in [-0.2, -0.15) is 0 Å². The van der Waals surface area contributed by atoms with Crippen LogP contribution in [0.2, 0.25) is 5.02 Å². The second-order valence-electron chi connectivity index (χ2n) is 9.39. The number of Topliss-reactive ketones (excluding diaryl/α,β-unsaturated/α-hetero) is 2. The molecular formula is C28H25Br2ClN2O4. The number of nitrogens with zero attached hydrogens (tertiary/aromatic N) is 1. The predicted molar refractivity (Wildman–Crippen MR) is 150 cm³/mol. The molecule has 0 unspecified atom stereocenters. The van der Waals surface area contributed by atoms with E-state index >= 15 is 0 Å². The van der Waals surface area contributed by atoms with Crippen LogP contribution in [0.25, 0.3) is 0 Å². The molecule has 1 amide bonds. The molecule has 192 valence electrons. The molecule has 0 spiro atoms. The quantitative estimate of drug-likeness (QED) is 0.381. The highest BCUT2D eigenvalue weighted by molar-refractivity contribution is 9.11.